The highest BCUT2D eigenvalue weighted by Crippen LogP contribution is 2.42. The molecule has 0 spiro atoms. The summed E-state index contributed by atoms with van der Waals surface area (Å²) in [5.41, 5.74) is -0.224. The molecule has 2 aromatic heterocycles. The van der Waals surface area contributed by atoms with Crippen molar-refractivity contribution < 1.29 is 4.79 Å². The number of hydrogen-bond donors (Lipinski definition) is 1. The Hall–Kier alpha value is -1.34. The maximum Gasteiger partial charge on any atom is 0.233 e. The fourth-order valence-electron chi connectivity index (χ4n) is 2.28. The summed E-state index contributed by atoms with van der Waals surface area (Å²) in [6.45, 7) is 7.89. The molecule has 1 atom stereocenters. The van der Waals surface area contributed by atoms with Crippen molar-refractivity contribution in [3.05, 3.63) is 17.5 Å². The van der Waals surface area contributed by atoms with Gasteiger partial charge in [-0.2, -0.15) is 0 Å². The monoisotopic (exact) mass is 350 g/mol. The number of hydrogen-bond acceptors (Lipinski definition) is 5. The lowest BCUT2D eigenvalue weighted by atomic mass is 10.1. The summed E-state index contributed by atoms with van der Waals surface area (Å²) in [5, 5.41) is 14.4. The molecule has 2 heterocycles. The molecule has 7 heteroatoms. The Morgan fingerprint density at radius 1 is 1.43 bits per heavy atom. The molecule has 1 saturated carbocycles. The molecule has 3 rings (SSSR count). The topological polar surface area (TPSA) is 59.8 Å². The first-order chi connectivity index (χ1) is 10.8. The first kappa shape index (κ1) is 16.5. The van der Waals surface area contributed by atoms with Crippen molar-refractivity contribution in [3.63, 3.8) is 0 Å². The maximum absolute atomic E-state index is 12.3. The molecular formula is C16H22N4OS2. The van der Waals surface area contributed by atoms with E-state index in [1.165, 1.54) is 11.8 Å². The standard InChI is InChI=1S/C16H22N4OS2/c1-10(14(21)17-16(2,3)4)23-15-19-18-13(12-6-5-9-22-12)20(15)11-7-8-11/h5-6,9-11H,7-8H2,1-4H3,(H,17,21)/t10-/m1/s1. The van der Waals surface area contributed by atoms with Crippen molar-refractivity contribution in [2.45, 2.75) is 62.5 Å². The number of carbonyl (C=O) groups excluding carboxylic acids is 1. The molecule has 0 saturated heterocycles. The second-order valence-corrected chi connectivity index (χ2v) is 9.14. The lowest BCUT2D eigenvalue weighted by molar-refractivity contribution is -0.121. The Morgan fingerprint density at radius 2 is 2.17 bits per heavy atom. The van der Waals surface area contributed by atoms with Crippen LogP contribution in [0.4, 0.5) is 0 Å². The number of nitrogens with zero attached hydrogens (tertiary/aromatic N) is 3. The molecule has 0 aromatic carbocycles. The highest BCUT2D eigenvalue weighted by atomic mass is 32.2. The molecule has 1 aliphatic carbocycles. The van der Waals surface area contributed by atoms with Crippen LogP contribution in [0, 0.1) is 0 Å². The lowest BCUT2D eigenvalue weighted by Gasteiger charge is -2.23. The van der Waals surface area contributed by atoms with E-state index in [-0.39, 0.29) is 16.7 Å². The number of amides is 1. The molecule has 1 N–H and O–H groups in total. The van der Waals surface area contributed by atoms with E-state index < -0.39 is 0 Å². The van der Waals surface area contributed by atoms with Gasteiger partial charge in [-0.25, -0.2) is 0 Å². The van der Waals surface area contributed by atoms with Crippen molar-refractivity contribution in [2.75, 3.05) is 0 Å². The van der Waals surface area contributed by atoms with Crippen molar-refractivity contribution >= 4 is 29.0 Å². The van der Waals surface area contributed by atoms with Gasteiger partial charge in [0, 0.05) is 11.6 Å². The highest BCUT2D eigenvalue weighted by molar-refractivity contribution is 8.00. The van der Waals surface area contributed by atoms with E-state index in [0.29, 0.717) is 6.04 Å². The highest BCUT2D eigenvalue weighted by Gasteiger charge is 2.32. The number of thiophene rings is 1. The molecule has 0 unspecified atom stereocenters. The fraction of sp³-hybridized carbons (Fsp3) is 0.562. The molecule has 0 bridgehead atoms. The number of rotatable bonds is 5. The van der Waals surface area contributed by atoms with Crippen LogP contribution in [0.1, 0.15) is 46.6 Å². The second-order valence-electron chi connectivity index (χ2n) is 6.88. The van der Waals surface area contributed by atoms with Gasteiger partial charge in [0.1, 0.15) is 0 Å². The van der Waals surface area contributed by atoms with Crippen LogP contribution in [0.2, 0.25) is 0 Å². The minimum Gasteiger partial charge on any atom is -0.351 e. The summed E-state index contributed by atoms with van der Waals surface area (Å²) < 4.78 is 2.21. The van der Waals surface area contributed by atoms with E-state index in [2.05, 4.69) is 26.1 Å². The van der Waals surface area contributed by atoms with Gasteiger partial charge in [-0.1, -0.05) is 17.8 Å². The molecule has 23 heavy (non-hydrogen) atoms. The number of carbonyl (C=O) groups is 1. The van der Waals surface area contributed by atoms with Gasteiger partial charge in [0.05, 0.1) is 10.1 Å². The Labute approximate surface area is 144 Å². The van der Waals surface area contributed by atoms with E-state index in [1.54, 1.807) is 11.3 Å². The van der Waals surface area contributed by atoms with Crippen LogP contribution in [-0.2, 0) is 4.79 Å². The minimum atomic E-state index is -0.224. The van der Waals surface area contributed by atoms with E-state index in [9.17, 15) is 4.79 Å². The van der Waals surface area contributed by atoms with E-state index in [4.69, 9.17) is 0 Å². The van der Waals surface area contributed by atoms with Crippen LogP contribution in [-0.4, -0.2) is 31.5 Å². The number of aromatic nitrogens is 3. The zero-order valence-electron chi connectivity index (χ0n) is 13.9. The summed E-state index contributed by atoms with van der Waals surface area (Å²) in [7, 11) is 0. The fourth-order valence-corrected chi connectivity index (χ4v) is 3.90. The van der Waals surface area contributed by atoms with Gasteiger partial charge in [0.2, 0.25) is 5.91 Å². The van der Waals surface area contributed by atoms with Crippen LogP contribution >= 0.6 is 23.1 Å². The van der Waals surface area contributed by atoms with Gasteiger partial charge < -0.3 is 5.32 Å². The van der Waals surface area contributed by atoms with Gasteiger partial charge in [-0.05, 0) is 52.0 Å². The van der Waals surface area contributed by atoms with Crippen molar-refractivity contribution in [3.8, 4) is 10.7 Å². The summed E-state index contributed by atoms with van der Waals surface area (Å²) >= 11 is 3.16. The summed E-state index contributed by atoms with van der Waals surface area (Å²) in [6.07, 6.45) is 2.32. The smallest absolute Gasteiger partial charge is 0.233 e. The minimum absolute atomic E-state index is 0.0329. The van der Waals surface area contributed by atoms with Crippen molar-refractivity contribution in [1.29, 1.82) is 0 Å². The van der Waals surface area contributed by atoms with Crippen molar-refractivity contribution in [1.82, 2.24) is 20.1 Å². The number of thioether (sulfide) groups is 1. The number of nitrogens with one attached hydrogen (secondary N) is 1. The summed E-state index contributed by atoms with van der Waals surface area (Å²) in [5.74, 6) is 0.957. The van der Waals surface area contributed by atoms with Gasteiger partial charge in [0.15, 0.2) is 11.0 Å². The molecule has 0 aliphatic heterocycles. The Bertz CT molecular complexity index is 683. The van der Waals surface area contributed by atoms with Crippen LogP contribution in [0.15, 0.2) is 22.7 Å². The van der Waals surface area contributed by atoms with Crippen LogP contribution in [0.25, 0.3) is 10.7 Å². The Morgan fingerprint density at radius 3 is 2.74 bits per heavy atom. The first-order valence-corrected chi connectivity index (χ1v) is 9.58. The Balaban J connectivity index is 1.79. The van der Waals surface area contributed by atoms with Crippen LogP contribution in [0.5, 0.6) is 0 Å². The second kappa shape index (κ2) is 6.28. The molecule has 124 valence electrons. The average molecular weight is 351 g/mol. The molecule has 1 amide bonds. The van der Waals surface area contributed by atoms with E-state index >= 15 is 0 Å². The van der Waals surface area contributed by atoms with Crippen LogP contribution in [0.3, 0.4) is 0 Å². The van der Waals surface area contributed by atoms with Gasteiger partial charge in [-0.15, -0.1) is 21.5 Å². The third-order valence-electron chi connectivity index (χ3n) is 3.47. The zero-order chi connectivity index (χ0) is 16.6. The predicted molar refractivity (Wildman–Crippen MR) is 94.8 cm³/mol. The van der Waals surface area contributed by atoms with E-state index in [1.807, 2.05) is 39.1 Å². The summed E-state index contributed by atoms with van der Waals surface area (Å²) in [4.78, 5) is 13.4. The largest absolute Gasteiger partial charge is 0.351 e. The normalized spacial score (nSPS) is 16.3. The third kappa shape index (κ3) is 3.95. The molecule has 5 nitrogen and oxygen atoms in total. The van der Waals surface area contributed by atoms with E-state index in [0.717, 1.165) is 28.7 Å². The maximum atomic E-state index is 12.3. The average Bonchev–Trinajstić information content (AvgIpc) is 2.99. The van der Waals surface area contributed by atoms with Gasteiger partial charge in [-0.3, -0.25) is 9.36 Å². The first-order valence-electron chi connectivity index (χ1n) is 7.82. The lowest BCUT2D eigenvalue weighted by Crippen LogP contribution is -2.44. The van der Waals surface area contributed by atoms with Crippen LogP contribution < -0.4 is 5.32 Å². The zero-order valence-corrected chi connectivity index (χ0v) is 15.5. The summed E-state index contributed by atoms with van der Waals surface area (Å²) in [6, 6.07) is 4.57. The van der Waals surface area contributed by atoms with Gasteiger partial charge >= 0.3 is 0 Å². The molecule has 1 aliphatic rings. The van der Waals surface area contributed by atoms with Gasteiger partial charge in [0.25, 0.3) is 0 Å². The molecule has 0 radical (unpaired) electrons. The molecule has 2 aromatic rings. The SMILES string of the molecule is C[C@@H](Sc1nnc(-c2cccs2)n1C1CC1)C(=O)NC(C)(C)C. The molecule has 1 fully saturated rings. The Kier molecular flexibility index (Phi) is 4.51. The quantitative estimate of drug-likeness (QED) is 0.835. The van der Waals surface area contributed by atoms with Crippen molar-refractivity contribution in [2.24, 2.45) is 0 Å². The predicted octanol–water partition coefficient (Wildman–Crippen LogP) is 3.74. The molecular weight excluding hydrogens is 328 g/mol. The third-order valence-corrected chi connectivity index (χ3v) is 5.39.